The molecule has 1 amide bonds. The molecule has 3 N–H and O–H groups in total. The minimum Gasteiger partial charge on any atom is -0.322 e. The Morgan fingerprint density at radius 1 is 0.912 bits per heavy atom. The zero-order chi connectivity index (χ0) is 24.3. The van der Waals surface area contributed by atoms with Crippen molar-refractivity contribution in [3.05, 3.63) is 106 Å². The van der Waals surface area contributed by atoms with Crippen molar-refractivity contribution in [3.8, 4) is 11.3 Å². The van der Waals surface area contributed by atoms with Gasteiger partial charge in [0.1, 0.15) is 0 Å². The molecule has 0 unspecified atom stereocenters. The fourth-order valence-electron chi connectivity index (χ4n) is 3.43. The van der Waals surface area contributed by atoms with Gasteiger partial charge in [-0.2, -0.15) is 5.10 Å². The van der Waals surface area contributed by atoms with E-state index in [2.05, 4.69) is 20.2 Å². The van der Waals surface area contributed by atoms with Crippen LogP contribution in [-0.4, -0.2) is 24.5 Å². The minimum absolute atomic E-state index is 0.156. The van der Waals surface area contributed by atoms with E-state index in [4.69, 9.17) is 0 Å². The maximum Gasteiger partial charge on any atom is 0.264 e. The van der Waals surface area contributed by atoms with Gasteiger partial charge in [-0.1, -0.05) is 36.4 Å². The third-order valence-corrected chi connectivity index (χ3v) is 6.65. The average Bonchev–Trinajstić information content (AvgIpc) is 2.81. The van der Waals surface area contributed by atoms with Crippen LogP contribution in [-0.2, 0) is 10.0 Å². The zero-order valence-electron chi connectivity index (χ0n) is 18.5. The molecule has 8 nitrogen and oxygen atoms in total. The number of carbonyl (C=O) groups excluding carboxylic acids is 1. The number of para-hydroxylation sites is 1. The number of benzene rings is 3. The van der Waals surface area contributed by atoms with Crippen LogP contribution < -0.4 is 15.6 Å². The standard InChI is InChI=1S/C25H22N4O4S/c1-16-10-11-17(2)23(14-16)34(32,33)29-22-9-4-3-8-20(22)25(31)26-19-7-5-6-18(15-19)21-12-13-24(30)28-27-21/h3-15,29H,1-2H3,(H,26,31)(H,28,30). The summed E-state index contributed by atoms with van der Waals surface area (Å²) >= 11 is 0. The molecule has 0 aliphatic carbocycles. The summed E-state index contributed by atoms with van der Waals surface area (Å²) in [7, 11) is -3.91. The van der Waals surface area contributed by atoms with Gasteiger partial charge in [-0.05, 0) is 61.4 Å². The lowest BCUT2D eigenvalue weighted by atomic mass is 10.1. The first-order valence-corrected chi connectivity index (χ1v) is 11.9. The van der Waals surface area contributed by atoms with E-state index < -0.39 is 15.9 Å². The van der Waals surface area contributed by atoms with Crippen LogP contribution in [0.5, 0.6) is 0 Å². The Kier molecular flexibility index (Phi) is 6.29. The van der Waals surface area contributed by atoms with Crippen LogP contribution in [0, 0.1) is 13.8 Å². The summed E-state index contributed by atoms with van der Waals surface area (Å²) in [6.45, 7) is 3.54. The molecule has 0 spiro atoms. The molecule has 3 aromatic carbocycles. The van der Waals surface area contributed by atoms with E-state index in [-0.39, 0.29) is 21.7 Å². The Balaban J connectivity index is 1.60. The number of carbonyl (C=O) groups is 1. The maximum atomic E-state index is 13.1. The summed E-state index contributed by atoms with van der Waals surface area (Å²) in [6.07, 6.45) is 0. The van der Waals surface area contributed by atoms with Crippen molar-refractivity contribution in [2.75, 3.05) is 10.0 Å². The summed E-state index contributed by atoms with van der Waals surface area (Å²) in [5, 5.41) is 9.17. The molecule has 0 bridgehead atoms. The Bertz CT molecular complexity index is 1520. The highest BCUT2D eigenvalue weighted by atomic mass is 32.2. The van der Waals surface area contributed by atoms with Crippen LogP contribution in [0.3, 0.4) is 0 Å². The van der Waals surface area contributed by atoms with E-state index >= 15 is 0 Å². The minimum atomic E-state index is -3.91. The highest BCUT2D eigenvalue weighted by Crippen LogP contribution is 2.25. The summed E-state index contributed by atoms with van der Waals surface area (Å²) in [4.78, 5) is 24.5. The number of aromatic nitrogens is 2. The van der Waals surface area contributed by atoms with Crippen molar-refractivity contribution >= 4 is 27.3 Å². The third kappa shape index (κ3) is 5.05. The van der Waals surface area contributed by atoms with Gasteiger partial charge in [0.05, 0.1) is 21.8 Å². The summed E-state index contributed by atoms with van der Waals surface area (Å²) in [5.74, 6) is -0.481. The number of H-pyrrole nitrogens is 1. The van der Waals surface area contributed by atoms with Crippen molar-refractivity contribution in [2.45, 2.75) is 18.7 Å². The predicted molar refractivity (Wildman–Crippen MR) is 131 cm³/mol. The number of hydrogen-bond acceptors (Lipinski definition) is 5. The monoisotopic (exact) mass is 474 g/mol. The molecular weight excluding hydrogens is 452 g/mol. The smallest absolute Gasteiger partial charge is 0.264 e. The van der Waals surface area contributed by atoms with Gasteiger partial charge in [-0.15, -0.1) is 0 Å². The molecule has 4 aromatic rings. The molecule has 0 atom stereocenters. The van der Waals surface area contributed by atoms with Crippen molar-refractivity contribution in [3.63, 3.8) is 0 Å². The van der Waals surface area contributed by atoms with Gasteiger partial charge in [0.2, 0.25) is 0 Å². The SMILES string of the molecule is Cc1ccc(C)c(S(=O)(=O)Nc2ccccc2C(=O)Nc2cccc(-c3ccc(=O)[nH]n3)c2)c1. The third-order valence-electron chi connectivity index (χ3n) is 5.14. The molecule has 172 valence electrons. The van der Waals surface area contributed by atoms with Gasteiger partial charge in [0.15, 0.2) is 0 Å². The second kappa shape index (κ2) is 9.32. The van der Waals surface area contributed by atoms with Crippen LogP contribution in [0.4, 0.5) is 11.4 Å². The Morgan fingerprint density at radius 3 is 2.47 bits per heavy atom. The lowest BCUT2D eigenvalue weighted by Crippen LogP contribution is -2.19. The maximum absolute atomic E-state index is 13.1. The van der Waals surface area contributed by atoms with Crippen LogP contribution >= 0.6 is 0 Å². The number of sulfonamides is 1. The van der Waals surface area contributed by atoms with E-state index in [1.807, 2.05) is 13.0 Å². The first kappa shape index (κ1) is 22.9. The summed E-state index contributed by atoms with van der Waals surface area (Å²) in [6, 6.07) is 21.5. The fourth-order valence-corrected chi connectivity index (χ4v) is 4.84. The molecule has 1 aromatic heterocycles. The number of nitrogens with zero attached hydrogens (tertiary/aromatic N) is 1. The first-order chi connectivity index (χ1) is 16.2. The highest BCUT2D eigenvalue weighted by Gasteiger charge is 2.20. The quantitative estimate of drug-likeness (QED) is 0.388. The van der Waals surface area contributed by atoms with E-state index in [0.717, 1.165) is 5.56 Å². The normalized spacial score (nSPS) is 11.1. The van der Waals surface area contributed by atoms with Crippen LogP contribution in [0.1, 0.15) is 21.5 Å². The largest absolute Gasteiger partial charge is 0.322 e. The summed E-state index contributed by atoms with van der Waals surface area (Å²) in [5.41, 5.74) is 3.16. The van der Waals surface area contributed by atoms with Crippen molar-refractivity contribution in [1.29, 1.82) is 0 Å². The molecule has 0 saturated carbocycles. The van der Waals surface area contributed by atoms with E-state index in [1.54, 1.807) is 67.6 Å². The van der Waals surface area contributed by atoms with Crippen molar-refractivity contribution in [2.24, 2.45) is 0 Å². The fraction of sp³-hybridized carbons (Fsp3) is 0.0800. The molecular formula is C25H22N4O4S. The van der Waals surface area contributed by atoms with Crippen LogP contribution in [0.15, 0.2) is 88.6 Å². The molecule has 4 rings (SSSR count). The molecule has 34 heavy (non-hydrogen) atoms. The molecule has 0 radical (unpaired) electrons. The van der Waals surface area contributed by atoms with Gasteiger partial charge in [0, 0.05) is 17.3 Å². The van der Waals surface area contributed by atoms with Gasteiger partial charge in [0.25, 0.3) is 21.5 Å². The van der Waals surface area contributed by atoms with E-state index in [1.165, 1.54) is 12.1 Å². The zero-order valence-corrected chi connectivity index (χ0v) is 19.3. The van der Waals surface area contributed by atoms with Crippen molar-refractivity contribution < 1.29 is 13.2 Å². The van der Waals surface area contributed by atoms with Crippen LogP contribution in [0.25, 0.3) is 11.3 Å². The Hall–Kier alpha value is -4.24. The number of aromatic amines is 1. The number of aryl methyl sites for hydroxylation is 2. The lowest BCUT2D eigenvalue weighted by molar-refractivity contribution is 0.102. The van der Waals surface area contributed by atoms with Gasteiger partial charge >= 0.3 is 0 Å². The average molecular weight is 475 g/mol. The van der Waals surface area contributed by atoms with Crippen LogP contribution in [0.2, 0.25) is 0 Å². The Labute approximate surface area is 196 Å². The second-order valence-corrected chi connectivity index (χ2v) is 9.41. The lowest BCUT2D eigenvalue weighted by Gasteiger charge is -2.14. The molecule has 0 aliphatic rings. The Morgan fingerprint density at radius 2 is 1.71 bits per heavy atom. The van der Waals surface area contributed by atoms with Gasteiger partial charge in [-0.3, -0.25) is 14.3 Å². The first-order valence-electron chi connectivity index (χ1n) is 10.4. The number of amides is 1. The summed E-state index contributed by atoms with van der Waals surface area (Å²) < 4.78 is 28.7. The number of rotatable bonds is 6. The topological polar surface area (TPSA) is 121 Å². The number of nitrogens with one attached hydrogen (secondary N) is 3. The van der Waals surface area contributed by atoms with E-state index in [0.29, 0.717) is 22.5 Å². The number of hydrogen-bond donors (Lipinski definition) is 3. The van der Waals surface area contributed by atoms with Crippen molar-refractivity contribution in [1.82, 2.24) is 10.2 Å². The van der Waals surface area contributed by atoms with Gasteiger partial charge < -0.3 is 5.32 Å². The highest BCUT2D eigenvalue weighted by molar-refractivity contribution is 7.92. The molecule has 0 saturated heterocycles. The number of anilines is 2. The van der Waals surface area contributed by atoms with Gasteiger partial charge in [-0.25, -0.2) is 13.5 Å². The molecule has 0 aliphatic heterocycles. The van der Waals surface area contributed by atoms with E-state index in [9.17, 15) is 18.0 Å². The molecule has 1 heterocycles. The molecule has 9 heteroatoms. The second-order valence-electron chi connectivity index (χ2n) is 7.76. The predicted octanol–water partition coefficient (Wildman–Crippen LogP) is 4.11. The molecule has 0 fully saturated rings.